The Morgan fingerprint density at radius 1 is 0.913 bits per heavy atom. The summed E-state index contributed by atoms with van der Waals surface area (Å²) < 4.78 is 1.17. The van der Waals surface area contributed by atoms with Gasteiger partial charge in [0.25, 0.3) is 0 Å². The number of anilines is 2. The summed E-state index contributed by atoms with van der Waals surface area (Å²) in [6, 6.07) is 10.5. The van der Waals surface area contributed by atoms with E-state index in [4.69, 9.17) is 12.2 Å². The van der Waals surface area contributed by atoms with E-state index in [2.05, 4.69) is 67.6 Å². The number of thiocarbonyl (C=S) groups is 1. The second kappa shape index (κ2) is 6.26. The molecule has 2 N–H and O–H groups in total. The van der Waals surface area contributed by atoms with Crippen molar-refractivity contribution in [3.63, 3.8) is 0 Å². The Balaban J connectivity index is 1.75. The van der Waals surface area contributed by atoms with E-state index in [1.165, 1.54) is 27.0 Å². The molecule has 5 heteroatoms. The maximum Gasteiger partial charge on any atom is 0.190 e. The van der Waals surface area contributed by atoms with Crippen molar-refractivity contribution in [2.24, 2.45) is 0 Å². The molecule has 1 heterocycles. The highest BCUT2D eigenvalue weighted by Crippen LogP contribution is 2.28. The minimum absolute atomic E-state index is 0.556. The molecular weight excluding hydrogens is 322 g/mol. The number of aryl methyl sites for hydroxylation is 4. The van der Waals surface area contributed by atoms with Gasteiger partial charge >= 0.3 is 0 Å². The topological polar surface area (TPSA) is 37.0 Å². The summed E-state index contributed by atoms with van der Waals surface area (Å²) in [6.07, 6.45) is 0. The third kappa shape index (κ3) is 3.51. The van der Waals surface area contributed by atoms with Crippen LogP contribution in [0, 0.1) is 27.7 Å². The predicted octanol–water partition coefficient (Wildman–Crippen LogP) is 5.34. The largest absolute Gasteiger partial charge is 0.332 e. The van der Waals surface area contributed by atoms with Gasteiger partial charge in [-0.2, -0.15) is 0 Å². The summed E-state index contributed by atoms with van der Waals surface area (Å²) >= 11 is 7.01. The quantitative estimate of drug-likeness (QED) is 0.617. The lowest BCUT2D eigenvalue weighted by Gasteiger charge is -2.10. The molecular formula is C18H19N3S2. The van der Waals surface area contributed by atoms with E-state index < -0.39 is 0 Å². The molecule has 3 aromatic rings. The fourth-order valence-electron chi connectivity index (χ4n) is 2.31. The molecule has 0 amide bonds. The van der Waals surface area contributed by atoms with Gasteiger partial charge < -0.3 is 10.6 Å². The van der Waals surface area contributed by atoms with Gasteiger partial charge in [0.1, 0.15) is 0 Å². The average molecular weight is 342 g/mol. The van der Waals surface area contributed by atoms with Crippen LogP contribution < -0.4 is 10.6 Å². The van der Waals surface area contributed by atoms with Crippen molar-refractivity contribution in [3.05, 3.63) is 52.6 Å². The van der Waals surface area contributed by atoms with Gasteiger partial charge in [-0.25, -0.2) is 4.98 Å². The standard InChI is InChI=1S/C18H19N3S2/c1-10-5-6-14(7-11(10)2)19-17(22)21-18-20-15-8-12(3)13(4)9-16(15)23-18/h5-9H,1-4H3,(H2,19,20,21,22). The van der Waals surface area contributed by atoms with Gasteiger partial charge in [0.05, 0.1) is 10.2 Å². The number of aromatic nitrogens is 1. The normalized spacial score (nSPS) is 10.8. The van der Waals surface area contributed by atoms with Crippen molar-refractivity contribution < 1.29 is 0 Å². The zero-order valence-corrected chi connectivity index (χ0v) is 15.3. The van der Waals surface area contributed by atoms with Crippen molar-refractivity contribution in [3.8, 4) is 0 Å². The van der Waals surface area contributed by atoms with E-state index in [1.54, 1.807) is 11.3 Å². The zero-order valence-electron chi connectivity index (χ0n) is 13.7. The van der Waals surface area contributed by atoms with Crippen LogP contribution in [0.1, 0.15) is 22.3 Å². The first-order chi connectivity index (χ1) is 10.9. The lowest BCUT2D eigenvalue weighted by Crippen LogP contribution is -2.18. The van der Waals surface area contributed by atoms with E-state index in [0.717, 1.165) is 16.3 Å². The van der Waals surface area contributed by atoms with Gasteiger partial charge in [-0.05, 0) is 86.4 Å². The first-order valence-electron chi connectivity index (χ1n) is 7.45. The minimum Gasteiger partial charge on any atom is -0.332 e. The van der Waals surface area contributed by atoms with Crippen LogP contribution in [-0.4, -0.2) is 10.1 Å². The van der Waals surface area contributed by atoms with Crippen molar-refractivity contribution in [2.75, 3.05) is 10.6 Å². The molecule has 0 unspecified atom stereocenters. The van der Waals surface area contributed by atoms with E-state index in [-0.39, 0.29) is 0 Å². The van der Waals surface area contributed by atoms with Crippen LogP contribution in [0.5, 0.6) is 0 Å². The maximum absolute atomic E-state index is 5.39. The highest BCUT2D eigenvalue weighted by atomic mass is 32.1. The number of rotatable bonds is 2. The van der Waals surface area contributed by atoms with E-state index in [1.807, 2.05) is 6.07 Å². The molecule has 0 atom stereocenters. The molecule has 0 aliphatic heterocycles. The Kier molecular flexibility index (Phi) is 4.33. The van der Waals surface area contributed by atoms with Crippen LogP contribution in [-0.2, 0) is 0 Å². The van der Waals surface area contributed by atoms with Gasteiger partial charge in [-0.15, -0.1) is 0 Å². The number of hydrogen-bond donors (Lipinski definition) is 2. The molecule has 23 heavy (non-hydrogen) atoms. The summed E-state index contributed by atoms with van der Waals surface area (Å²) in [5.41, 5.74) is 7.04. The Labute approximate surface area is 145 Å². The molecule has 0 aliphatic rings. The number of thiazole rings is 1. The fourth-order valence-corrected chi connectivity index (χ4v) is 3.54. The molecule has 0 saturated heterocycles. The number of nitrogens with one attached hydrogen (secondary N) is 2. The summed E-state index contributed by atoms with van der Waals surface area (Å²) in [7, 11) is 0. The van der Waals surface area contributed by atoms with Crippen LogP contribution in [0.25, 0.3) is 10.2 Å². The number of hydrogen-bond acceptors (Lipinski definition) is 3. The number of nitrogens with zero attached hydrogens (tertiary/aromatic N) is 1. The third-order valence-electron chi connectivity index (χ3n) is 3.99. The van der Waals surface area contributed by atoms with Crippen molar-refractivity contribution in [2.45, 2.75) is 27.7 Å². The SMILES string of the molecule is Cc1ccc(NC(=S)Nc2nc3cc(C)c(C)cc3s2)cc1C. The lowest BCUT2D eigenvalue weighted by atomic mass is 10.1. The molecule has 3 rings (SSSR count). The predicted molar refractivity (Wildman–Crippen MR) is 105 cm³/mol. The molecule has 118 valence electrons. The first kappa shape index (κ1) is 15.9. The van der Waals surface area contributed by atoms with Crippen molar-refractivity contribution >= 4 is 49.7 Å². The second-order valence-corrected chi connectivity index (χ2v) is 7.24. The van der Waals surface area contributed by atoms with E-state index in [0.29, 0.717) is 5.11 Å². The monoisotopic (exact) mass is 341 g/mol. The number of benzene rings is 2. The van der Waals surface area contributed by atoms with Crippen molar-refractivity contribution in [1.29, 1.82) is 0 Å². The Hall–Kier alpha value is -1.98. The molecule has 0 aliphatic carbocycles. The number of fused-ring (bicyclic) bond motifs is 1. The van der Waals surface area contributed by atoms with Gasteiger partial charge in [0.15, 0.2) is 10.2 Å². The fraction of sp³-hybridized carbons (Fsp3) is 0.222. The molecule has 0 spiro atoms. The van der Waals surface area contributed by atoms with Crippen molar-refractivity contribution in [1.82, 2.24) is 4.98 Å². The minimum atomic E-state index is 0.556. The third-order valence-corrected chi connectivity index (χ3v) is 5.13. The maximum atomic E-state index is 5.39. The highest BCUT2D eigenvalue weighted by molar-refractivity contribution is 7.80. The van der Waals surface area contributed by atoms with Gasteiger partial charge in [0.2, 0.25) is 0 Å². The molecule has 0 saturated carbocycles. The van der Waals surface area contributed by atoms with Gasteiger partial charge in [-0.3, -0.25) is 0 Å². The smallest absolute Gasteiger partial charge is 0.190 e. The molecule has 0 fully saturated rings. The van der Waals surface area contributed by atoms with Crippen LogP contribution in [0.4, 0.5) is 10.8 Å². The first-order valence-corrected chi connectivity index (χ1v) is 8.68. The van der Waals surface area contributed by atoms with E-state index >= 15 is 0 Å². The van der Waals surface area contributed by atoms with Crippen LogP contribution in [0.3, 0.4) is 0 Å². The summed E-state index contributed by atoms with van der Waals surface area (Å²) in [5, 5.41) is 7.76. The van der Waals surface area contributed by atoms with E-state index in [9.17, 15) is 0 Å². The molecule has 0 bridgehead atoms. The van der Waals surface area contributed by atoms with Crippen LogP contribution in [0.15, 0.2) is 30.3 Å². The Morgan fingerprint density at radius 2 is 1.61 bits per heavy atom. The van der Waals surface area contributed by atoms with Crippen LogP contribution >= 0.6 is 23.6 Å². The summed E-state index contributed by atoms with van der Waals surface area (Å²) in [5.74, 6) is 0. The molecule has 1 aromatic heterocycles. The molecule has 3 nitrogen and oxygen atoms in total. The average Bonchev–Trinajstić information content (AvgIpc) is 2.84. The Bertz CT molecular complexity index is 858. The zero-order chi connectivity index (χ0) is 16.6. The summed E-state index contributed by atoms with van der Waals surface area (Å²) in [6.45, 7) is 8.41. The second-order valence-electron chi connectivity index (χ2n) is 5.80. The van der Waals surface area contributed by atoms with Gasteiger partial charge in [-0.1, -0.05) is 17.4 Å². The van der Waals surface area contributed by atoms with Gasteiger partial charge in [0, 0.05) is 5.69 Å². The lowest BCUT2D eigenvalue weighted by molar-refractivity contribution is 1.34. The van der Waals surface area contributed by atoms with Crippen LogP contribution in [0.2, 0.25) is 0 Å². The molecule has 2 aromatic carbocycles. The summed E-state index contributed by atoms with van der Waals surface area (Å²) in [4.78, 5) is 4.61. The highest BCUT2D eigenvalue weighted by Gasteiger charge is 2.07. The Morgan fingerprint density at radius 3 is 2.35 bits per heavy atom. The molecule has 0 radical (unpaired) electrons.